The molecule has 1 aromatic rings. The van der Waals surface area contributed by atoms with Gasteiger partial charge >= 0.3 is 0 Å². The number of benzene rings is 1. The molecule has 7 heteroatoms. The lowest BCUT2D eigenvalue weighted by molar-refractivity contribution is -0.121. The highest BCUT2D eigenvalue weighted by Crippen LogP contribution is 2.18. The maximum atomic E-state index is 12.2. The zero-order valence-electron chi connectivity index (χ0n) is 14.5. The molecule has 2 atom stereocenters. The van der Waals surface area contributed by atoms with Crippen LogP contribution in [-0.2, 0) is 26.0 Å². The van der Waals surface area contributed by atoms with E-state index in [0.29, 0.717) is 26.1 Å². The van der Waals surface area contributed by atoms with Crippen LogP contribution >= 0.6 is 0 Å². The molecule has 1 fully saturated rings. The summed E-state index contributed by atoms with van der Waals surface area (Å²) in [6.45, 7) is 2.75. The number of carbonyl (C=O) groups is 1. The van der Waals surface area contributed by atoms with E-state index in [2.05, 4.69) is 5.32 Å². The molecule has 0 spiro atoms. The van der Waals surface area contributed by atoms with Gasteiger partial charge in [-0.2, -0.15) is 0 Å². The first kappa shape index (κ1) is 18.9. The lowest BCUT2D eigenvalue weighted by Gasteiger charge is -2.21. The highest BCUT2D eigenvalue weighted by Gasteiger charge is 2.33. The molecular weight excluding hydrogens is 328 g/mol. The second kappa shape index (κ2) is 8.09. The van der Waals surface area contributed by atoms with E-state index in [9.17, 15) is 13.2 Å². The van der Waals surface area contributed by atoms with E-state index in [0.717, 1.165) is 5.56 Å². The quantitative estimate of drug-likeness (QED) is 0.791. The van der Waals surface area contributed by atoms with Gasteiger partial charge in [-0.25, -0.2) is 12.7 Å². The Morgan fingerprint density at radius 2 is 2.00 bits per heavy atom. The van der Waals surface area contributed by atoms with Crippen molar-refractivity contribution in [2.45, 2.75) is 25.8 Å². The number of aryl methyl sites for hydroxylation is 2. The van der Waals surface area contributed by atoms with Crippen LogP contribution in [0, 0.1) is 12.8 Å². The Morgan fingerprint density at radius 3 is 2.67 bits per heavy atom. The van der Waals surface area contributed by atoms with E-state index in [1.807, 2.05) is 31.2 Å². The Kier molecular flexibility index (Phi) is 6.37. The topological polar surface area (TPSA) is 75.7 Å². The summed E-state index contributed by atoms with van der Waals surface area (Å²) in [5.41, 5.74) is 2.33. The second-order valence-corrected chi connectivity index (χ2v) is 8.69. The average molecular weight is 354 g/mol. The van der Waals surface area contributed by atoms with Gasteiger partial charge in [0.25, 0.3) is 0 Å². The van der Waals surface area contributed by atoms with Gasteiger partial charge in [0.05, 0.1) is 25.0 Å². The predicted molar refractivity (Wildman–Crippen MR) is 93.2 cm³/mol. The minimum Gasteiger partial charge on any atom is -0.379 e. The Morgan fingerprint density at radius 1 is 1.29 bits per heavy atom. The third-order valence-corrected chi connectivity index (χ3v) is 6.37. The second-order valence-electron chi connectivity index (χ2n) is 6.46. The van der Waals surface area contributed by atoms with Gasteiger partial charge in [0.2, 0.25) is 15.9 Å². The van der Waals surface area contributed by atoms with Crippen LogP contribution in [0.1, 0.15) is 17.5 Å². The number of sulfonamides is 1. The summed E-state index contributed by atoms with van der Waals surface area (Å²) < 4.78 is 30.6. The normalized spacial score (nSPS) is 21.2. The van der Waals surface area contributed by atoms with Crippen molar-refractivity contribution >= 4 is 15.9 Å². The number of hydrogen-bond donors (Lipinski definition) is 1. The van der Waals surface area contributed by atoms with Gasteiger partial charge in [-0.3, -0.25) is 4.79 Å². The van der Waals surface area contributed by atoms with Gasteiger partial charge in [0.15, 0.2) is 0 Å². The Bertz CT molecular complexity index is 673. The SMILES string of the molecule is Cc1ccccc1CCC(=O)N[C@H]1COC[C@H]1CS(=O)(=O)N(C)C. The molecule has 0 unspecified atom stereocenters. The van der Waals surface area contributed by atoms with E-state index in [1.165, 1.54) is 24.0 Å². The standard InChI is InChI=1S/C17H26N2O4S/c1-13-6-4-5-7-14(13)8-9-17(20)18-16-11-23-10-15(16)12-24(21,22)19(2)3/h4-7,15-16H,8-12H2,1-3H3,(H,18,20)/t15-,16-/m0/s1. The molecule has 1 aromatic carbocycles. The third-order valence-electron chi connectivity index (χ3n) is 4.41. The largest absolute Gasteiger partial charge is 0.379 e. The average Bonchev–Trinajstić information content (AvgIpc) is 2.92. The van der Waals surface area contributed by atoms with Crippen molar-refractivity contribution in [1.82, 2.24) is 9.62 Å². The van der Waals surface area contributed by atoms with Crippen LogP contribution in [0.4, 0.5) is 0 Å². The van der Waals surface area contributed by atoms with Crippen molar-refractivity contribution in [2.75, 3.05) is 33.1 Å². The van der Waals surface area contributed by atoms with Gasteiger partial charge in [-0.05, 0) is 24.5 Å². The highest BCUT2D eigenvalue weighted by molar-refractivity contribution is 7.89. The number of nitrogens with one attached hydrogen (secondary N) is 1. The van der Waals surface area contributed by atoms with Crippen LogP contribution in [0.5, 0.6) is 0 Å². The van der Waals surface area contributed by atoms with Crippen LogP contribution in [0.3, 0.4) is 0 Å². The molecule has 24 heavy (non-hydrogen) atoms. The lowest BCUT2D eigenvalue weighted by Crippen LogP contribution is -2.43. The molecule has 1 heterocycles. The molecule has 6 nitrogen and oxygen atoms in total. The van der Waals surface area contributed by atoms with E-state index in [4.69, 9.17) is 4.74 Å². The summed E-state index contributed by atoms with van der Waals surface area (Å²) in [6.07, 6.45) is 1.06. The number of ether oxygens (including phenoxy) is 1. The molecule has 134 valence electrons. The highest BCUT2D eigenvalue weighted by atomic mass is 32.2. The van der Waals surface area contributed by atoms with Gasteiger partial charge in [-0.1, -0.05) is 24.3 Å². The summed E-state index contributed by atoms with van der Waals surface area (Å²) in [7, 11) is -0.280. The fraction of sp³-hybridized carbons (Fsp3) is 0.588. The molecule has 1 amide bonds. The van der Waals surface area contributed by atoms with Crippen LogP contribution in [0.25, 0.3) is 0 Å². The Hall–Kier alpha value is -1.44. The molecule has 1 aliphatic rings. The predicted octanol–water partition coefficient (Wildman–Crippen LogP) is 0.950. The first-order chi connectivity index (χ1) is 11.3. The Labute approximate surface area is 144 Å². The van der Waals surface area contributed by atoms with E-state index < -0.39 is 10.0 Å². The number of amides is 1. The third kappa shape index (κ3) is 5.03. The van der Waals surface area contributed by atoms with Gasteiger partial charge < -0.3 is 10.1 Å². The van der Waals surface area contributed by atoms with E-state index in [-0.39, 0.29) is 23.6 Å². The molecule has 2 rings (SSSR count). The molecule has 0 bridgehead atoms. The van der Waals surface area contributed by atoms with Gasteiger partial charge in [0, 0.05) is 26.4 Å². The molecule has 1 aliphatic heterocycles. The van der Waals surface area contributed by atoms with Crippen molar-refractivity contribution in [2.24, 2.45) is 5.92 Å². The number of hydrogen-bond acceptors (Lipinski definition) is 4. The Balaban J connectivity index is 1.87. The van der Waals surface area contributed by atoms with Gasteiger partial charge in [-0.15, -0.1) is 0 Å². The first-order valence-electron chi connectivity index (χ1n) is 8.11. The van der Waals surface area contributed by atoms with Crippen LogP contribution in [-0.4, -0.2) is 57.7 Å². The molecule has 1 N–H and O–H groups in total. The van der Waals surface area contributed by atoms with Crippen molar-refractivity contribution in [3.63, 3.8) is 0 Å². The minimum atomic E-state index is -3.31. The summed E-state index contributed by atoms with van der Waals surface area (Å²) in [5, 5.41) is 2.93. The van der Waals surface area contributed by atoms with Crippen LogP contribution in [0.2, 0.25) is 0 Å². The zero-order valence-corrected chi connectivity index (χ0v) is 15.3. The minimum absolute atomic E-state index is 0.0112. The smallest absolute Gasteiger partial charge is 0.220 e. The van der Waals surface area contributed by atoms with Crippen molar-refractivity contribution in [3.05, 3.63) is 35.4 Å². The van der Waals surface area contributed by atoms with Crippen molar-refractivity contribution < 1.29 is 17.9 Å². The maximum Gasteiger partial charge on any atom is 0.220 e. The first-order valence-corrected chi connectivity index (χ1v) is 9.72. The van der Waals surface area contributed by atoms with Crippen LogP contribution in [0.15, 0.2) is 24.3 Å². The maximum absolute atomic E-state index is 12.2. The number of carbonyl (C=O) groups excluding carboxylic acids is 1. The summed E-state index contributed by atoms with van der Waals surface area (Å²) in [4.78, 5) is 12.2. The van der Waals surface area contributed by atoms with Gasteiger partial charge in [0.1, 0.15) is 0 Å². The van der Waals surface area contributed by atoms with E-state index in [1.54, 1.807) is 0 Å². The van der Waals surface area contributed by atoms with E-state index >= 15 is 0 Å². The summed E-state index contributed by atoms with van der Waals surface area (Å²) in [6, 6.07) is 7.75. The zero-order chi connectivity index (χ0) is 17.7. The molecule has 1 saturated heterocycles. The number of nitrogens with zero attached hydrogens (tertiary/aromatic N) is 1. The monoisotopic (exact) mass is 354 g/mol. The van der Waals surface area contributed by atoms with Crippen molar-refractivity contribution in [1.29, 1.82) is 0 Å². The molecule has 0 saturated carbocycles. The summed E-state index contributed by atoms with van der Waals surface area (Å²) >= 11 is 0. The fourth-order valence-corrected chi connectivity index (χ4v) is 3.93. The summed E-state index contributed by atoms with van der Waals surface area (Å²) in [5.74, 6) is -0.288. The fourth-order valence-electron chi connectivity index (χ4n) is 2.76. The molecular formula is C17H26N2O4S. The molecule has 0 aromatic heterocycles. The lowest BCUT2D eigenvalue weighted by atomic mass is 10.0. The molecule has 0 aliphatic carbocycles. The van der Waals surface area contributed by atoms with Crippen molar-refractivity contribution in [3.8, 4) is 0 Å². The number of rotatable bonds is 7. The molecule has 0 radical (unpaired) electrons. The van der Waals surface area contributed by atoms with Crippen LogP contribution < -0.4 is 5.32 Å².